The molecule has 2 aliphatic rings. The number of benzene rings is 2. The SMILES string of the molecule is CCOC(=O)[C@H]1CCCCN1CC(=O)N1N=C(c2ccc(C)cc2C)C[C@@H]1c1cccc(OC)c1. The molecule has 0 saturated carbocycles. The number of hydrogen-bond donors (Lipinski definition) is 0. The van der Waals surface area contributed by atoms with Crippen LogP contribution in [0.5, 0.6) is 5.75 Å². The average Bonchev–Trinajstić information content (AvgIpc) is 3.30. The van der Waals surface area contributed by atoms with Crippen molar-refractivity contribution in [2.24, 2.45) is 5.10 Å². The van der Waals surface area contributed by atoms with Gasteiger partial charge < -0.3 is 9.47 Å². The quantitative estimate of drug-likeness (QED) is 0.553. The van der Waals surface area contributed by atoms with Crippen LogP contribution in [0.2, 0.25) is 0 Å². The minimum absolute atomic E-state index is 0.117. The van der Waals surface area contributed by atoms with Crippen molar-refractivity contribution in [3.05, 3.63) is 64.7 Å². The van der Waals surface area contributed by atoms with Crippen molar-refractivity contribution in [3.8, 4) is 5.75 Å². The summed E-state index contributed by atoms with van der Waals surface area (Å²) in [6, 6.07) is 13.5. The first kappa shape index (κ1) is 24.9. The Kier molecular flexibility index (Phi) is 7.86. The van der Waals surface area contributed by atoms with E-state index in [2.05, 4.69) is 32.0 Å². The smallest absolute Gasteiger partial charge is 0.323 e. The summed E-state index contributed by atoms with van der Waals surface area (Å²) in [5, 5.41) is 6.46. The summed E-state index contributed by atoms with van der Waals surface area (Å²) in [7, 11) is 1.64. The lowest BCUT2D eigenvalue weighted by Gasteiger charge is -2.34. The molecular weight excluding hydrogens is 442 g/mol. The van der Waals surface area contributed by atoms with Crippen LogP contribution in [-0.4, -0.2) is 60.3 Å². The number of aryl methyl sites for hydroxylation is 2. The molecule has 2 aromatic rings. The number of amides is 1. The number of carbonyl (C=O) groups excluding carboxylic acids is 2. The van der Waals surface area contributed by atoms with Crippen LogP contribution in [0.15, 0.2) is 47.6 Å². The van der Waals surface area contributed by atoms with Gasteiger partial charge in [0, 0.05) is 12.0 Å². The van der Waals surface area contributed by atoms with Crippen LogP contribution in [0.4, 0.5) is 0 Å². The predicted molar refractivity (Wildman–Crippen MR) is 135 cm³/mol. The summed E-state index contributed by atoms with van der Waals surface area (Å²) in [6.45, 7) is 7.12. The van der Waals surface area contributed by atoms with Gasteiger partial charge in [-0.05, 0) is 63.4 Å². The molecular formula is C28H35N3O4. The largest absolute Gasteiger partial charge is 0.497 e. The highest BCUT2D eigenvalue weighted by molar-refractivity contribution is 6.04. The van der Waals surface area contributed by atoms with Crippen LogP contribution in [-0.2, 0) is 14.3 Å². The zero-order valence-corrected chi connectivity index (χ0v) is 21.1. The molecule has 1 saturated heterocycles. The van der Waals surface area contributed by atoms with Gasteiger partial charge in [0.2, 0.25) is 0 Å². The Labute approximate surface area is 207 Å². The van der Waals surface area contributed by atoms with E-state index in [0.717, 1.165) is 41.0 Å². The number of esters is 1. The third-order valence-corrected chi connectivity index (χ3v) is 6.85. The Hall–Kier alpha value is -3.19. The van der Waals surface area contributed by atoms with E-state index in [1.54, 1.807) is 12.1 Å². The van der Waals surface area contributed by atoms with Gasteiger partial charge >= 0.3 is 5.97 Å². The molecule has 7 heteroatoms. The van der Waals surface area contributed by atoms with E-state index in [9.17, 15) is 9.59 Å². The van der Waals surface area contributed by atoms with Crippen LogP contribution in [0, 0.1) is 13.8 Å². The van der Waals surface area contributed by atoms with Crippen LogP contribution in [0.3, 0.4) is 0 Å². The second kappa shape index (κ2) is 11.0. The first-order valence-electron chi connectivity index (χ1n) is 12.4. The summed E-state index contributed by atoms with van der Waals surface area (Å²) in [6.07, 6.45) is 3.24. The predicted octanol–water partition coefficient (Wildman–Crippen LogP) is 4.41. The first-order valence-corrected chi connectivity index (χ1v) is 12.4. The molecule has 0 aromatic heterocycles. The van der Waals surface area contributed by atoms with Crippen molar-refractivity contribution in [1.29, 1.82) is 0 Å². The lowest BCUT2D eigenvalue weighted by Crippen LogP contribution is -2.49. The lowest BCUT2D eigenvalue weighted by molar-refractivity contribution is -0.152. The zero-order chi connectivity index (χ0) is 24.9. The van der Waals surface area contributed by atoms with Crippen molar-refractivity contribution in [3.63, 3.8) is 0 Å². The van der Waals surface area contributed by atoms with Crippen molar-refractivity contribution < 1.29 is 19.1 Å². The number of hydrazone groups is 1. The Morgan fingerprint density at radius 1 is 1.11 bits per heavy atom. The normalized spacial score (nSPS) is 20.5. The Morgan fingerprint density at radius 3 is 2.69 bits per heavy atom. The molecule has 2 atom stereocenters. The minimum Gasteiger partial charge on any atom is -0.497 e. The molecule has 4 rings (SSSR count). The molecule has 7 nitrogen and oxygen atoms in total. The van der Waals surface area contributed by atoms with E-state index in [-0.39, 0.29) is 30.5 Å². The molecule has 1 fully saturated rings. The molecule has 35 heavy (non-hydrogen) atoms. The van der Waals surface area contributed by atoms with E-state index in [1.165, 1.54) is 5.56 Å². The molecule has 2 aromatic carbocycles. The first-order chi connectivity index (χ1) is 16.9. The topological polar surface area (TPSA) is 71.4 Å². The van der Waals surface area contributed by atoms with Crippen molar-refractivity contribution >= 4 is 17.6 Å². The van der Waals surface area contributed by atoms with Crippen LogP contribution >= 0.6 is 0 Å². The molecule has 2 heterocycles. The molecule has 1 amide bonds. The lowest BCUT2D eigenvalue weighted by atomic mass is 9.95. The Bertz CT molecular complexity index is 1110. The van der Waals surface area contributed by atoms with Gasteiger partial charge in [0.15, 0.2) is 0 Å². The van der Waals surface area contributed by atoms with Gasteiger partial charge in [-0.1, -0.05) is 42.3 Å². The fourth-order valence-electron chi connectivity index (χ4n) is 5.08. The summed E-state index contributed by atoms with van der Waals surface area (Å²) < 4.78 is 10.7. The van der Waals surface area contributed by atoms with Crippen molar-refractivity contribution in [2.45, 2.75) is 58.5 Å². The monoisotopic (exact) mass is 477 g/mol. The number of methoxy groups -OCH3 is 1. The van der Waals surface area contributed by atoms with Crippen LogP contribution in [0.25, 0.3) is 0 Å². The van der Waals surface area contributed by atoms with Gasteiger partial charge in [0.25, 0.3) is 5.91 Å². The second-order valence-corrected chi connectivity index (χ2v) is 9.33. The Morgan fingerprint density at radius 2 is 1.94 bits per heavy atom. The van der Waals surface area contributed by atoms with E-state index in [0.29, 0.717) is 26.0 Å². The van der Waals surface area contributed by atoms with Crippen LogP contribution < -0.4 is 4.74 Å². The number of hydrogen-bond acceptors (Lipinski definition) is 6. The Balaban J connectivity index is 1.63. The van der Waals surface area contributed by atoms with E-state index < -0.39 is 0 Å². The number of carbonyl (C=O) groups is 2. The number of nitrogens with zero attached hydrogens (tertiary/aromatic N) is 3. The summed E-state index contributed by atoms with van der Waals surface area (Å²) in [5.41, 5.74) is 5.25. The van der Waals surface area contributed by atoms with Crippen molar-refractivity contribution in [1.82, 2.24) is 9.91 Å². The van der Waals surface area contributed by atoms with Gasteiger partial charge in [-0.3, -0.25) is 14.5 Å². The van der Waals surface area contributed by atoms with Crippen molar-refractivity contribution in [2.75, 3.05) is 26.8 Å². The highest BCUT2D eigenvalue weighted by Crippen LogP contribution is 2.35. The second-order valence-electron chi connectivity index (χ2n) is 9.33. The maximum absolute atomic E-state index is 13.7. The molecule has 0 radical (unpaired) electrons. The van der Waals surface area contributed by atoms with Gasteiger partial charge in [-0.25, -0.2) is 5.01 Å². The fourth-order valence-corrected chi connectivity index (χ4v) is 5.08. The summed E-state index contributed by atoms with van der Waals surface area (Å²) in [4.78, 5) is 28.2. The molecule has 2 aliphatic heterocycles. The van der Waals surface area contributed by atoms with E-state index >= 15 is 0 Å². The van der Waals surface area contributed by atoms with Crippen LogP contribution in [0.1, 0.15) is 60.9 Å². The molecule has 186 valence electrons. The molecule has 0 bridgehead atoms. The van der Waals surface area contributed by atoms with Gasteiger partial charge in [-0.2, -0.15) is 5.10 Å². The average molecular weight is 478 g/mol. The number of piperidine rings is 1. The fraction of sp³-hybridized carbons (Fsp3) is 0.464. The molecule has 0 N–H and O–H groups in total. The molecule has 0 aliphatic carbocycles. The van der Waals surface area contributed by atoms with E-state index in [4.69, 9.17) is 14.6 Å². The molecule has 0 unspecified atom stereocenters. The number of ether oxygens (including phenoxy) is 2. The van der Waals surface area contributed by atoms with Gasteiger partial charge in [-0.15, -0.1) is 0 Å². The minimum atomic E-state index is -0.381. The van der Waals surface area contributed by atoms with E-state index in [1.807, 2.05) is 36.1 Å². The van der Waals surface area contributed by atoms with Gasteiger partial charge in [0.1, 0.15) is 11.8 Å². The maximum atomic E-state index is 13.7. The van der Waals surface area contributed by atoms with Gasteiger partial charge in [0.05, 0.1) is 32.0 Å². The zero-order valence-electron chi connectivity index (χ0n) is 21.1. The standard InChI is InChI=1S/C28H35N3O4/c1-5-35-28(33)25-11-6-7-14-30(25)18-27(32)31-26(21-9-8-10-22(16-21)34-4)17-24(29-31)23-13-12-19(2)15-20(23)3/h8-10,12-13,15-16,25-26H,5-7,11,14,17-18H2,1-4H3/t25-,26-/m1/s1. The maximum Gasteiger partial charge on any atom is 0.323 e. The third kappa shape index (κ3) is 5.56. The third-order valence-electron chi connectivity index (χ3n) is 6.85. The summed E-state index contributed by atoms with van der Waals surface area (Å²) in [5.74, 6) is 0.382. The highest BCUT2D eigenvalue weighted by atomic mass is 16.5. The number of likely N-dealkylation sites (tertiary alicyclic amines) is 1. The molecule has 0 spiro atoms. The summed E-state index contributed by atoms with van der Waals surface area (Å²) >= 11 is 0. The highest BCUT2D eigenvalue weighted by Gasteiger charge is 2.37. The number of rotatable bonds is 7.